The van der Waals surface area contributed by atoms with E-state index in [1.807, 2.05) is 0 Å². The van der Waals surface area contributed by atoms with Gasteiger partial charge in [-0.1, -0.05) is 0 Å². The van der Waals surface area contributed by atoms with Gasteiger partial charge in [0.15, 0.2) is 23.8 Å². The number of nitrogens with two attached hydrogens (primary N) is 1. The first-order valence-electron chi connectivity index (χ1n) is 6.77. The molecule has 0 spiro atoms. The molecule has 1 aliphatic heterocycles. The number of nitrogen functional groups attached to an aromatic ring is 1. The van der Waals surface area contributed by atoms with Crippen molar-refractivity contribution in [3.8, 4) is 0 Å². The minimum atomic E-state index is -1.35. The third kappa shape index (κ3) is 2.17. The van der Waals surface area contributed by atoms with Crippen LogP contribution in [0.3, 0.4) is 0 Å². The number of nitrogens with zero attached hydrogens (tertiary/aromatic N) is 4. The van der Waals surface area contributed by atoms with E-state index >= 15 is 0 Å². The fourth-order valence-electron chi connectivity index (χ4n) is 2.44. The molecule has 0 radical (unpaired) electrons. The summed E-state index contributed by atoms with van der Waals surface area (Å²) in [5.74, 6) is -0.299. The molecule has 22 heavy (non-hydrogen) atoms. The maximum Gasteiger partial charge on any atom is 0.252 e. The number of ether oxygens (including phenoxy) is 1. The van der Waals surface area contributed by atoms with E-state index in [9.17, 15) is 15.0 Å². The summed E-state index contributed by atoms with van der Waals surface area (Å²) in [5.41, 5.74) is 6.40. The van der Waals surface area contributed by atoms with Gasteiger partial charge in [0.2, 0.25) is 0 Å². The van der Waals surface area contributed by atoms with Crippen molar-refractivity contribution in [2.45, 2.75) is 31.5 Å². The normalized spacial score (nSPS) is 28.1. The zero-order valence-corrected chi connectivity index (χ0v) is 11.7. The molecule has 1 aliphatic rings. The fourth-order valence-corrected chi connectivity index (χ4v) is 2.44. The number of hydrogen-bond donors (Lipinski definition) is 4. The average Bonchev–Trinajstić information content (AvgIpc) is 3.03. The molecule has 3 heterocycles. The van der Waals surface area contributed by atoms with E-state index in [-0.39, 0.29) is 5.82 Å². The second-order valence-electron chi connectivity index (χ2n) is 4.91. The lowest BCUT2D eigenvalue weighted by atomic mass is 10.1. The molecule has 1 fully saturated rings. The number of anilines is 1. The largest absolute Gasteiger partial charge is 0.387 e. The zero-order chi connectivity index (χ0) is 15.9. The number of hydrogen-bond acceptors (Lipinski definition) is 8. The van der Waals surface area contributed by atoms with E-state index in [1.165, 1.54) is 17.2 Å². The van der Waals surface area contributed by atoms with Gasteiger partial charge < -0.3 is 26.0 Å². The van der Waals surface area contributed by atoms with E-state index in [1.54, 1.807) is 6.92 Å². The number of aliphatic hydroxyl groups is 2. The van der Waals surface area contributed by atoms with Crippen molar-refractivity contribution in [2.24, 2.45) is 0 Å². The third-order valence-electron chi connectivity index (χ3n) is 3.51. The Labute approximate surface area is 124 Å². The third-order valence-corrected chi connectivity index (χ3v) is 3.51. The molecule has 1 saturated heterocycles. The SMILES string of the molecule is CCNC(=O)[C@@H]1O[C@H](n2cnc3c(N)ncnc32)[C@@H](O)[C@H]1O. The number of amides is 1. The van der Waals surface area contributed by atoms with Gasteiger partial charge >= 0.3 is 0 Å². The summed E-state index contributed by atoms with van der Waals surface area (Å²) in [6, 6.07) is 0. The maximum atomic E-state index is 11.9. The molecule has 2 aromatic heterocycles. The average molecular weight is 308 g/mol. The van der Waals surface area contributed by atoms with Crippen molar-refractivity contribution in [3.05, 3.63) is 12.7 Å². The summed E-state index contributed by atoms with van der Waals surface area (Å²) in [6.07, 6.45) is -2.20. The zero-order valence-electron chi connectivity index (χ0n) is 11.7. The van der Waals surface area contributed by atoms with Crippen molar-refractivity contribution in [1.82, 2.24) is 24.8 Å². The molecule has 0 saturated carbocycles. The highest BCUT2D eigenvalue weighted by Gasteiger charge is 2.47. The van der Waals surface area contributed by atoms with Crippen molar-refractivity contribution in [1.29, 1.82) is 0 Å². The Morgan fingerprint density at radius 3 is 2.91 bits per heavy atom. The molecular formula is C12H16N6O4. The van der Waals surface area contributed by atoms with Gasteiger partial charge in [0, 0.05) is 6.54 Å². The van der Waals surface area contributed by atoms with E-state index in [4.69, 9.17) is 10.5 Å². The van der Waals surface area contributed by atoms with Gasteiger partial charge in [-0.3, -0.25) is 9.36 Å². The van der Waals surface area contributed by atoms with Gasteiger partial charge in [-0.2, -0.15) is 0 Å². The number of carbonyl (C=O) groups is 1. The van der Waals surface area contributed by atoms with Crippen LogP contribution in [0.1, 0.15) is 13.2 Å². The Bertz CT molecular complexity index is 704. The number of fused-ring (bicyclic) bond motifs is 1. The molecule has 10 heteroatoms. The minimum Gasteiger partial charge on any atom is -0.387 e. The molecule has 3 rings (SSSR count). The molecule has 4 atom stereocenters. The van der Waals surface area contributed by atoms with Gasteiger partial charge in [0.25, 0.3) is 5.91 Å². The van der Waals surface area contributed by atoms with Crippen LogP contribution in [0.5, 0.6) is 0 Å². The first-order chi connectivity index (χ1) is 10.5. The van der Waals surface area contributed by atoms with Gasteiger partial charge in [-0.25, -0.2) is 15.0 Å². The monoisotopic (exact) mass is 308 g/mol. The molecule has 0 aromatic carbocycles. The molecule has 5 N–H and O–H groups in total. The second-order valence-corrected chi connectivity index (χ2v) is 4.91. The van der Waals surface area contributed by atoms with E-state index < -0.39 is 30.4 Å². The Hall–Kier alpha value is -2.30. The van der Waals surface area contributed by atoms with E-state index in [0.717, 1.165) is 0 Å². The molecule has 0 unspecified atom stereocenters. The number of rotatable bonds is 3. The van der Waals surface area contributed by atoms with Gasteiger partial charge in [-0.05, 0) is 6.92 Å². The summed E-state index contributed by atoms with van der Waals surface area (Å²) in [6.45, 7) is 2.14. The Kier molecular flexibility index (Phi) is 3.64. The lowest BCUT2D eigenvalue weighted by Crippen LogP contribution is -2.42. The van der Waals surface area contributed by atoms with Gasteiger partial charge in [-0.15, -0.1) is 0 Å². The van der Waals surface area contributed by atoms with Crippen LogP contribution < -0.4 is 11.1 Å². The van der Waals surface area contributed by atoms with Crippen LogP contribution in [0, 0.1) is 0 Å². The number of aromatic nitrogens is 4. The molecule has 0 aliphatic carbocycles. The van der Waals surface area contributed by atoms with Crippen molar-refractivity contribution in [2.75, 3.05) is 12.3 Å². The predicted molar refractivity (Wildman–Crippen MR) is 74.3 cm³/mol. The summed E-state index contributed by atoms with van der Waals surface area (Å²) in [5, 5.41) is 22.7. The molecule has 1 amide bonds. The minimum absolute atomic E-state index is 0.192. The first kappa shape index (κ1) is 14.6. The highest BCUT2D eigenvalue weighted by Crippen LogP contribution is 2.31. The van der Waals surface area contributed by atoms with Crippen molar-refractivity contribution in [3.63, 3.8) is 0 Å². The fraction of sp³-hybridized carbons (Fsp3) is 0.500. The number of carbonyl (C=O) groups excluding carboxylic acids is 1. The summed E-state index contributed by atoms with van der Waals surface area (Å²) < 4.78 is 6.92. The topological polar surface area (TPSA) is 148 Å². The van der Waals surface area contributed by atoms with Crippen molar-refractivity contribution >= 4 is 22.9 Å². The number of imidazole rings is 1. The number of likely N-dealkylation sites (N-methyl/N-ethyl adjacent to an activating group) is 1. The second kappa shape index (κ2) is 5.48. The highest BCUT2D eigenvalue weighted by atomic mass is 16.6. The summed E-state index contributed by atoms with van der Waals surface area (Å²) in [4.78, 5) is 23.8. The van der Waals surface area contributed by atoms with Crippen LogP contribution >= 0.6 is 0 Å². The summed E-state index contributed by atoms with van der Waals surface area (Å²) in [7, 11) is 0. The Morgan fingerprint density at radius 1 is 1.41 bits per heavy atom. The first-order valence-corrected chi connectivity index (χ1v) is 6.77. The maximum absolute atomic E-state index is 11.9. The highest BCUT2D eigenvalue weighted by molar-refractivity contribution is 5.82. The van der Waals surface area contributed by atoms with Crippen LogP contribution in [-0.2, 0) is 9.53 Å². The Morgan fingerprint density at radius 2 is 2.18 bits per heavy atom. The van der Waals surface area contributed by atoms with Crippen molar-refractivity contribution < 1.29 is 19.7 Å². The lowest BCUT2D eigenvalue weighted by Gasteiger charge is -2.16. The van der Waals surface area contributed by atoms with Crippen LogP contribution in [0.15, 0.2) is 12.7 Å². The van der Waals surface area contributed by atoms with Gasteiger partial charge in [0.05, 0.1) is 6.33 Å². The van der Waals surface area contributed by atoms with Crippen LogP contribution in [0.25, 0.3) is 11.2 Å². The number of nitrogens with one attached hydrogen (secondary N) is 1. The Balaban J connectivity index is 1.94. The molecule has 118 valence electrons. The summed E-state index contributed by atoms with van der Waals surface area (Å²) >= 11 is 0. The molecule has 2 aromatic rings. The number of aliphatic hydroxyl groups excluding tert-OH is 2. The molecule has 10 nitrogen and oxygen atoms in total. The van der Waals surface area contributed by atoms with E-state index in [2.05, 4.69) is 20.3 Å². The quantitative estimate of drug-likeness (QED) is 0.517. The van der Waals surface area contributed by atoms with E-state index in [0.29, 0.717) is 17.7 Å². The van der Waals surface area contributed by atoms with Crippen LogP contribution in [0.4, 0.5) is 5.82 Å². The molecular weight excluding hydrogens is 292 g/mol. The van der Waals surface area contributed by atoms with Gasteiger partial charge in [0.1, 0.15) is 24.1 Å². The standard InChI is InChI=1S/C12H16N6O4/c1-2-14-11(21)8-6(19)7(20)12(22-8)18-4-17-5-9(13)15-3-16-10(5)18/h3-4,6-8,12,19-20H,2H2,1H3,(H,14,21)(H2,13,15,16)/t6-,7+,8-,12+/m1/s1. The van der Waals surface area contributed by atoms with Crippen LogP contribution in [0.2, 0.25) is 0 Å². The smallest absolute Gasteiger partial charge is 0.252 e. The van der Waals surface area contributed by atoms with Crippen LogP contribution in [-0.4, -0.2) is 60.5 Å². The lowest BCUT2D eigenvalue weighted by molar-refractivity contribution is -0.137. The predicted octanol–water partition coefficient (Wildman–Crippen LogP) is -1.84. The molecule has 0 bridgehead atoms.